The van der Waals surface area contributed by atoms with Crippen molar-refractivity contribution in [3.8, 4) is 17.2 Å². The number of carbonyl (C=O) groups is 3. The van der Waals surface area contributed by atoms with Crippen molar-refractivity contribution in [3.05, 3.63) is 83.1 Å². The number of aromatic nitrogens is 1. The molecular formula is C34H38BrN4O8+. The summed E-state index contributed by atoms with van der Waals surface area (Å²) in [5, 5.41) is 7.14. The number of pyridine rings is 1. The molecule has 1 aromatic heterocycles. The molecule has 0 bridgehead atoms. The van der Waals surface area contributed by atoms with E-state index in [1.807, 2.05) is 54.1 Å². The number of methoxy groups -OCH3 is 3. The van der Waals surface area contributed by atoms with Crippen molar-refractivity contribution in [1.29, 1.82) is 0 Å². The molecule has 1 heterocycles. The minimum atomic E-state index is -0.733. The van der Waals surface area contributed by atoms with E-state index in [0.717, 1.165) is 28.2 Å². The Kier molecular flexibility index (Phi) is 12.6. The summed E-state index contributed by atoms with van der Waals surface area (Å²) in [7, 11) is 4.46. The smallest absolute Gasteiger partial charge is 0.411 e. The van der Waals surface area contributed by atoms with Gasteiger partial charge in [-0.25, -0.2) is 14.2 Å². The second kappa shape index (κ2) is 17.0. The van der Waals surface area contributed by atoms with E-state index in [4.69, 9.17) is 23.7 Å². The van der Waals surface area contributed by atoms with Crippen molar-refractivity contribution >= 4 is 56.2 Å². The fourth-order valence-electron chi connectivity index (χ4n) is 4.89. The third-order valence-electron chi connectivity index (χ3n) is 7.00. The zero-order valence-electron chi connectivity index (χ0n) is 26.7. The molecule has 248 valence electrons. The van der Waals surface area contributed by atoms with E-state index in [1.165, 1.54) is 26.2 Å². The quantitative estimate of drug-likeness (QED) is 0.122. The fourth-order valence-corrected chi connectivity index (χ4v) is 5.40. The summed E-state index contributed by atoms with van der Waals surface area (Å²) < 4.78 is 29.7. The van der Waals surface area contributed by atoms with Crippen LogP contribution < -0.4 is 34.3 Å². The van der Waals surface area contributed by atoms with Gasteiger partial charge in [0.1, 0.15) is 25.3 Å². The lowest BCUT2D eigenvalue weighted by atomic mass is 10.1. The highest BCUT2D eigenvalue weighted by Crippen LogP contribution is 2.41. The van der Waals surface area contributed by atoms with Gasteiger partial charge in [0, 0.05) is 23.9 Å². The molecule has 3 aromatic carbocycles. The second-order valence-corrected chi connectivity index (χ2v) is 11.1. The number of halogens is 1. The van der Waals surface area contributed by atoms with Gasteiger partial charge in [-0.05, 0) is 33.4 Å². The van der Waals surface area contributed by atoms with Gasteiger partial charge in [0.05, 0.1) is 50.3 Å². The molecule has 0 radical (unpaired) electrons. The van der Waals surface area contributed by atoms with Crippen molar-refractivity contribution in [1.82, 2.24) is 5.32 Å². The number of nitrogens with one attached hydrogen (secondary N) is 2. The van der Waals surface area contributed by atoms with Gasteiger partial charge in [-0.2, -0.15) is 0 Å². The Hall–Kier alpha value is -5.04. The lowest BCUT2D eigenvalue weighted by Gasteiger charge is -2.24. The summed E-state index contributed by atoms with van der Waals surface area (Å²) in [5.41, 5.74) is 1.49. The SMILES string of the molecule is CCC[n+]1cc(Br)cc(C(=O)N(CCOC(=O)NCCOC(=O)Nc2cccc3ccccc23)c2cc(OC)c(OC)c(OC)c2)c1. The first-order valence-electron chi connectivity index (χ1n) is 14.9. The number of hydrogen-bond acceptors (Lipinski definition) is 8. The van der Waals surface area contributed by atoms with Crippen LogP contribution in [0.3, 0.4) is 0 Å². The number of hydrogen-bond donors (Lipinski definition) is 2. The average molecular weight is 711 g/mol. The molecule has 0 saturated heterocycles. The van der Waals surface area contributed by atoms with E-state index in [-0.39, 0.29) is 32.2 Å². The number of aryl methyl sites for hydroxylation is 1. The van der Waals surface area contributed by atoms with E-state index in [2.05, 4.69) is 26.6 Å². The minimum Gasteiger partial charge on any atom is -0.493 e. The van der Waals surface area contributed by atoms with Crippen LogP contribution in [0.2, 0.25) is 0 Å². The molecule has 2 N–H and O–H groups in total. The first-order valence-corrected chi connectivity index (χ1v) is 15.7. The number of benzene rings is 3. The zero-order chi connectivity index (χ0) is 33.8. The third-order valence-corrected chi connectivity index (χ3v) is 7.44. The lowest BCUT2D eigenvalue weighted by molar-refractivity contribution is -0.697. The van der Waals surface area contributed by atoms with Crippen molar-refractivity contribution in [2.75, 3.05) is 57.8 Å². The highest BCUT2D eigenvalue weighted by Gasteiger charge is 2.25. The molecule has 0 fully saturated rings. The van der Waals surface area contributed by atoms with Gasteiger partial charge in [0.25, 0.3) is 5.91 Å². The Morgan fingerprint density at radius 1 is 0.851 bits per heavy atom. The van der Waals surface area contributed by atoms with Crippen molar-refractivity contribution < 1.29 is 42.6 Å². The van der Waals surface area contributed by atoms with Gasteiger partial charge in [0.2, 0.25) is 5.75 Å². The maximum Gasteiger partial charge on any atom is 0.411 e. The van der Waals surface area contributed by atoms with Gasteiger partial charge in [-0.3, -0.25) is 10.1 Å². The van der Waals surface area contributed by atoms with Crippen LogP contribution in [0.5, 0.6) is 17.2 Å². The van der Waals surface area contributed by atoms with Crippen LogP contribution in [0.1, 0.15) is 23.7 Å². The molecule has 12 nitrogen and oxygen atoms in total. The van der Waals surface area contributed by atoms with E-state index in [1.54, 1.807) is 30.5 Å². The first kappa shape index (κ1) is 34.8. The van der Waals surface area contributed by atoms with Gasteiger partial charge < -0.3 is 33.9 Å². The van der Waals surface area contributed by atoms with E-state index < -0.39 is 12.2 Å². The fraction of sp³-hybridized carbons (Fsp3) is 0.294. The van der Waals surface area contributed by atoms with Crippen LogP contribution in [0, 0.1) is 0 Å². The normalized spacial score (nSPS) is 10.6. The summed E-state index contributed by atoms with van der Waals surface area (Å²) in [5.74, 6) is 0.759. The van der Waals surface area contributed by atoms with Crippen molar-refractivity contribution in [3.63, 3.8) is 0 Å². The molecule has 0 atom stereocenters. The van der Waals surface area contributed by atoms with Crippen LogP contribution in [-0.2, 0) is 16.0 Å². The molecule has 3 amide bonds. The van der Waals surface area contributed by atoms with E-state index in [9.17, 15) is 14.4 Å². The maximum atomic E-state index is 13.9. The van der Waals surface area contributed by atoms with Gasteiger partial charge in [-0.15, -0.1) is 0 Å². The van der Waals surface area contributed by atoms with Crippen molar-refractivity contribution in [2.24, 2.45) is 0 Å². The Labute approximate surface area is 281 Å². The number of ether oxygens (including phenoxy) is 5. The minimum absolute atomic E-state index is 0.00905. The van der Waals surface area contributed by atoms with Crippen LogP contribution in [-0.4, -0.2) is 65.7 Å². The van der Waals surface area contributed by atoms with Gasteiger partial charge in [-0.1, -0.05) is 43.3 Å². The number of amides is 3. The predicted octanol–water partition coefficient (Wildman–Crippen LogP) is 5.95. The topological polar surface area (TPSA) is 129 Å². The number of alkyl carbamates (subject to hydrolysis) is 1. The number of nitrogens with zero attached hydrogens (tertiary/aromatic N) is 2. The highest BCUT2D eigenvalue weighted by atomic mass is 79.9. The number of anilines is 2. The Balaban J connectivity index is 1.37. The summed E-state index contributed by atoms with van der Waals surface area (Å²) in [6, 6.07) is 18.3. The summed E-state index contributed by atoms with van der Waals surface area (Å²) in [6.07, 6.45) is 3.17. The Morgan fingerprint density at radius 3 is 2.26 bits per heavy atom. The standard InChI is InChI=1S/C34H37BrN4O8/c1-5-14-38-21-24(18-25(35)22-38)32(40)39(26-19-29(43-2)31(45-4)30(20-26)44-3)15-17-47-33(41)36-13-16-46-34(42)37-28-12-8-10-23-9-6-7-11-27(23)28/h6-12,18-22H,5,13-17H2,1-4H3,(H-,36,37,41,42)/p+1. The van der Waals surface area contributed by atoms with Crippen LogP contribution in [0.15, 0.2) is 77.5 Å². The summed E-state index contributed by atoms with van der Waals surface area (Å²) >= 11 is 3.50. The molecule has 4 aromatic rings. The summed E-state index contributed by atoms with van der Waals surface area (Å²) in [4.78, 5) is 40.2. The monoisotopic (exact) mass is 709 g/mol. The third kappa shape index (κ3) is 9.26. The molecule has 4 rings (SSSR count). The van der Waals surface area contributed by atoms with Crippen molar-refractivity contribution in [2.45, 2.75) is 19.9 Å². The van der Waals surface area contributed by atoms with Gasteiger partial charge >= 0.3 is 12.2 Å². The highest BCUT2D eigenvalue weighted by molar-refractivity contribution is 9.10. The molecule has 0 aliphatic heterocycles. The van der Waals surface area contributed by atoms with Gasteiger partial charge in [0.15, 0.2) is 23.9 Å². The van der Waals surface area contributed by atoms with E-state index in [0.29, 0.717) is 34.2 Å². The molecule has 47 heavy (non-hydrogen) atoms. The zero-order valence-corrected chi connectivity index (χ0v) is 28.3. The van der Waals surface area contributed by atoms with Crippen LogP contribution in [0.4, 0.5) is 21.0 Å². The number of carbonyl (C=O) groups excluding carboxylic acids is 3. The van der Waals surface area contributed by atoms with Crippen LogP contribution in [0.25, 0.3) is 10.8 Å². The Bertz CT molecular complexity index is 1690. The average Bonchev–Trinajstić information content (AvgIpc) is 3.07. The molecular weight excluding hydrogens is 672 g/mol. The second-order valence-electron chi connectivity index (χ2n) is 10.2. The van der Waals surface area contributed by atoms with Crippen LogP contribution >= 0.6 is 15.9 Å². The predicted molar refractivity (Wildman–Crippen MR) is 181 cm³/mol. The maximum absolute atomic E-state index is 13.9. The Morgan fingerprint density at radius 2 is 1.55 bits per heavy atom. The lowest BCUT2D eigenvalue weighted by Crippen LogP contribution is -2.39. The van der Waals surface area contributed by atoms with E-state index >= 15 is 0 Å². The molecule has 0 saturated carbocycles. The summed E-state index contributed by atoms with van der Waals surface area (Å²) in [6.45, 7) is 2.58. The number of fused-ring (bicyclic) bond motifs is 1. The molecule has 0 unspecified atom stereocenters. The molecule has 0 spiro atoms. The molecule has 0 aliphatic carbocycles. The number of rotatable bonds is 14. The molecule has 13 heteroatoms. The first-order chi connectivity index (χ1) is 22.8. The largest absolute Gasteiger partial charge is 0.493 e. The molecule has 0 aliphatic rings.